The molecule has 3 rings (SSSR count). The molecule has 0 saturated carbocycles. The van der Waals surface area contributed by atoms with E-state index in [9.17, 15) is 14.0 Å². The number of benzene rings is 3. The first-order valence-electron chi connectivity index (χ1n) is 9.76. The number of rotatable bonds is 9. The van der Waals surface area contributed by atoms with Crippen molar-refractivity contribution in [2.45, 2.75) is 19.6 Å². The Bertz CT molecular complexity index is 992. The van der Waals surface area contributed by atoms with Crippen LogP contribution in [0, 0.1) is 5.82 Å². The Morgan fingerprint density at radius 2 is 1.55 bits per heavy atom. The van der Waals surface area contributed by atoms with Crippen LogP contribution in [-0.4, -0.2) is 24.6 Å². The highest BCUT2D eigenvalue weighted by molar-refractivity contribution is 5.83. The third kappa shape index (κ3) is 7.15. The van der Waals surface area contributed by atoms with Gasteiger partial charge in [-0.05, 0) is 61.0 Å². The van der Waals surface area contributed by atoms with Crippen molar-refractivity contribution in [2.75, 3.05) is 11.9 Å². The molecule has 2 N–H and O–H groups in total. The fraction of sp³-hybridized carbons (Fsp3) is 0.167. The number of halogens is 1. The molecule has 0 radical (unpaired) electrons. The maximum atomic E-state index is 12.9. The van der Waals surface area contributed by atoms with E-state index in [0.29, 0.717) is 5.75 Å². The zero-order valence-corrected chi connectivity index (χ0v) is 17.0. The van der Waals surface area contributed by atoms with Crippen LogP contribution < -0.4 is 15.4 Å². The monoisotopic (exact) mass is 422 g/mol. The number of ether oxygens (including phenoxy) is 2. The summed E-state index contributed by atoms with van der Waals surface area (Å²) in [7, 11) is 0. The molecular weight excluding hydrogens is 399 g/mol. The number of anilines is 2. The summed E-state index contributed by atoms with van der Waals surface area (Å²) in [5, 5.41) is 5.89. The third-order valence-corrected chi connectivity index (χ3v) is 4.33. The second kappa shape index (κ2) is 10.8. The Morgan fingerprint density at radius 1 is 0.903 bits per heavy atom. The van der Waals surface area contributed by atoms with Gasteiger partial charge in [0.1, 0.15) is 11.6 Å². The number of carbonyl (C=O) groups excluding carboxylic acids is 2. The van der Waals surface area contributed by atoms with Crippen molar-refractivity contribution in [1.82, 2.24) is 5.32 Å². The van der Waals surface area contributed by atoms with Gasteiger partial charge in [-0.2, -0.15) is 0 Å². The summed E-state index contributed by atoms with van der Waals surface area (Å²) < 4.78 is 23.4. The highest BCUT2D eigenvalue weighted by Gasteiger charge is 2.18. The predicted octanol–water partition coefficient (Wildman–Crippen LogP) is 4.20. The summed E-state index contributed by atoms with van der Waals surface area (Å²) in [6, 6.07) is 22.6. The standard InChI is InChI=1S/C24H23FN2O4/c1-17(24(29)26-15-18-7-9-19(25)10-8-18)31-23(28)16-30-22-13-11-21(12-14-22)27-20-5-3-2-4-6-20/h2-14,17,27H,15-16H2,1H3,(H,26,29)/t17-/m0/s1. The topological polar surface area (TPSA) is 76.7 Å². The molecule has 31 heavy (non-hydrogen) atoms. The highest BCUT2D eigenvalue weighted by atomic mass is 19.1. The van der Waals surface area contributed by atoms with E-state index in [2.05, 4.69) is 10.6 Å². The molecule has 6 nitrogen and oxygen atoms in total. The molecule has 0 aliphatic rings. The van der Waals surface area contributed by atoms with Crippen LogP contribution in [0.1, 0.15) is 12.5 Å². The average molecular weight is 422 g/mol. The van der Waals surface area contributed by atoms with Crippen molar-refractivity contribution in [3.63, 3.8) is 0 Å². The quantitative estimate of drug-likeness (QED) is 0.506. The van der Waals surface area contributed by atoms with Gasteiger partial charge in [-0.1, -0.05) is 30.3 Å². The summed E-state index contributed by atoms with van der Waals surface area (Å²) in [6.45, 7) is 1.36. The minimum Gasteiger partial charge on any atom is -0.482 e. The van der Waals surface area contributed by atoms with Gasteiger partial charge < -0.3 is 20.1 Å². The SMILES string of the molecule is C[C@H](OC(=O)COc1ccc(Nc2ccccc2)cc1)C(=O)NCc1ccc(F)cc1. The van der Waals surface area contributed by atoms with Crippen LogP contribution in [0.15, 0.2) is 78.9 Å². The first-order valence-corrected chi connectivity index (χ1v) is 9.76. The number of nitrogens with one attached hydrogen (secondary N) is 2. The number of esters is 1. The van der Waals surface area contributed by atoms with Crippen LogP contribution >= 0.6 is 0 Å². The normalized spacial score (nSPS) is 11.3. The molecule has 0 unspecified atom stereocenters. The molecule has 0 heterocycles. The largest absolute Gasteiger partial charge is 0.482 e. The molecule has 0 fully saturated rings. The molecule has 0 aromatic heterocycles. The minimum absolute atomic E-state index is 0.209. The number of hydrogen-bond donors (Lipinski definition) is 2. The molecule has 7 heteroatoms. The first-order chi connectivity index (χ1) is 15.0. The van der Waals surface area contributed by atoms with Gasteiger partial charge in [-0.15, -0.1) is 0 Å². The fourth-order valence-electron chi connectivity index (χ4n) is 2.68. The predicted molar refractivity (Wildman–Crippen MR) is 115 cm³/mol. The van der Waals surface area contributed by atoms with Gasteiger partial charge in [-0.25, -0.2) is 9.18 Å². The van der Waals surface area contributed by atoms with Crippen LogP contribution in [0.5, 0.6) is 5.75 Å². The molecule has 3 aromatic carbocycles. The van der Waals surface area contributed by atoms with Crippen molar-refractivity contribution >= 4 is 23.3 Å². The maximum Gasteiger partial charge on any atom is 0.344 e. The van der Waals surface area contributed by atoms with Gasteiger partial charge in [0.05, 0.1) is 0 Å². The zero-order valence-electron chi connectivity index (χ0n) is 17.0. The van der Waals surface area contributed by atoms with E-state index in [1.54, 1.807) is 24.3 Å². The lowest BCUT2D eigenvalue weighted by Gasteiger charge is -2.14. The van der Waals surface area contributed by atoms with Crippen molar-refractivity contribution in [3.8, 4) is 5.75 Å². The van der Waals surface area contributed by atoms with Crippen LogP contribution in [0.25, 0.3) is 0 Å². The van der Waals surface area contributed by atoms with Crippen LogP contribution in [-0.2, 0) is 20.9 Å². The summed E-state index contributed by atoms with van der Waals surface area (Å²) >= 11 is 0. The van der Waals surface area contributed by atoms with Crippen molar-refractivity contribution < 1.29 is 23.5 Å². The average Bonchev–Trinajstić information content (AvgIpc) is 2.78. The highest BCUT2D eigenvalue weighted by Crippen LogP contribution is 2.19. The van der Waals surface area contributed by atoms with Crippen LogP contribution in [0.3, 0.4) is 0 Å². The Morgan fingerprint density at radius 3 is 2.23 bits per heavy atom. The van der Waals surface area contributed by atoms with E-state index in [1.807, 2.05) is 42.5 Å². The summed E-state index contributed by atoms with van der Waals surface area (Å²) in [5.41, 5.74) is 2.58. The Labute approximate surface area is 180 Å². The van der Waals surface area contributed by atoms with Crippen molar-refractivity contribution in [2.24, 2.45) is 0 Å². The molecular formula is C24H23FN2O4. The molecule has 0 aliphatic carbocycles. The summed E-state index contributed by atoms with van der Waals surface area (Å²) in [6.07, 6.45) is -0.978. The lowest BCUT2D eigenvalue weighted by Crippen LogP contribution is -2.36. The lowest BCUT2D eigenvalue weighted by atomic mass is 10.2. The fourth-order valence-corrected chi connectivity index (χ4v) is 2.68. The minimum atomic E-state index is -0.978. The van der Waals surface area contributed by atoms with Crippen molar-refractivity contribution in [1.29, 1.82) is 0 Å². The molecule has 1 atom stereocenters. The molecule has 0 spiro atoms. The van der Waals surface area contributed by atoms with E-state index in [4.69, 9.17) is 9.47 Å². The molecule has 0 aliphatic heterocycles. The maximum absolute atomic E-state index is 12.9. The molecule has 3 aromatic rings. The summed E-state index contributed by atoms with van der Waals surface area (Å²) in [5.74, 6) is -0.951. The smallest absolute Gasteiger partial charge is 0.344 e. The van der Waals surface area contributed by atoms with E-state index in [1.165, 1.54) is 19.1 Å². The van der Waals surface area contributed by atoms with E-state index in [-0.39, 0.29) is 19.0 Å². The van der Waals surface area contributed by atoms with Gasteiger partial charge >= 0.3 is 5.97 Å². The van der Waals surface area contributed by atoms with Gasteiger partial charge in [-0.3, -0.25) is 4.79 Å². The molecule has 0 bridgehead atoms. The van der Waals surface area contributed by atoms with E-state index in [0.717, 1.165) is 16.9 Å². The van der Waals surface area contributed by atoms with Gasteiger partial charge in [0.15, 0.2) is 12.7 Å². The Hall–Kier alpha value is -3.87. The zero-order chi connectivity index (χ0) is 22.1. The second-order valence-corrected chi connectivity index (χ2v) is 6.78. The first kappa shape index (κ1) is 21.8. The number of hydrogen-bond acceptors (Lipinski definition) is 5. The Kier molecular flexibility index (Phi) is 7.59. The molecule has 160 valence electrons. The second-order valence-electron chi connectivity index (χ2n) is 6.78. The van der Waals surface area contributed by atoms with E-state index < -0.39 is 18.0 Å². The Balaban J connectivity index is 1.39. The van der Waals surface area contributed by atoms with Gasteiger partial charge in [0, 0.05) is 17.9 Å². The summed E-state index contributed by atoms with van der Waals surface area (Å²) in [4.78, 5) is 24.0. The third-order valence-electron chi connectivity index (χ3n) is 4.33. The number of carbonyl (C=O) groups is 2. The number of amides is 1. The lowest BCUT2D eigenvalue weighted by molar-refractivity contribution is -0.156. The van der Waals surface area contributed by atoms with Crippen molar-refractivity contribution in [3.05, 3.63) is 90.2 Å². The van der Waals surface area contributed by atoms with E-state index >= 15 is 0 Å². The molecule has 0 saturated heterocycles. The van der Waals surface area contributed by atoms with Gasteiger partial charge in [0.25, 0.3) is 5.91 Å². The molecule has 1 amide bonds. The van der Waals surface area contributed by atoms with Crippen LogP contribution in [0.2, 0.25) is 0 Å². The number of para-hydroxylation sites is 1. The van der Waals surface area contributed by atoms with Gasteiger partial charge in [0.2, 0.25) is 0 Å². The van der Waals surface area contributed by atoms with Crippen LogP contribution in [0.4, 0.5) is 15.8 Å².